The summed E-state index contributed by atoms with van der Waals surface area (Å²) in [5.41, 5.74) is -0.816. The molecule has 0 aromatic carbocycles. The van der Waals surface area contributed by atoms with Crippen molar-refractivity contribution < 1.29 is 14.3 Å². The van der Waals surface area contributed by atoms with Crippen LogP contribution in [0.5, 0.6) is 0 Å². The molecule has 0 aliphatic carbocycles. The molecule has 15 heavy (non-hydrogen) atoms. The van der Waals surface area contributed by atoms with Crippen LogP contribution in [0.2, 0.25) is 0 Å². The maximum atomic E-state index is 11.4. The summed E-state index contributed by atoms with van der Waals surface area (Å²) in [6, 6.07) is 0. The van der Waals surface area contributed by atoms with Gasteiger partial charge in [-0.3, -0.25) is 4.79 Å². The largest absolute Gasteiger partial charge is 0.442 e. The van der Waals surface area contributed by atoms with Gasteiger partial charge in [0.15, 0.2) is 12.4 Å². The molecular weight excluding hydrogens is 194 g/mol. The fraction of sp³-hybridized carbons (Fsp3) is 0.818. The predicted molar refractivity (Wildman–Crippen MR) is 58.7 cm³/mol. The van der Waals surface area contributed by atoms with Crippen LogP contribution in [0.3, 0.4) is 0 Å². The lowest BCUT2D eigenvalue weighted by Crippen LogP contribution is -2.42. The molecular formula is C11H21NO3. The second kappa shape index (κ2) is 4.64. The maximum absolute atomic E-state index is 11.4. The molecule has 88 valence electrons. The Hall–Kier alpha value is -1.06. The average molecular weight is 215 g/mol. The van der Waals surface area contributed by atoms with Gasteiger partial charge in [-0.25, -0.2) is 4.79 Å². The van der Waals surface area contributed by atoms with E-state index in [1.807, 2.05) is 20.8 Å². The SMILES string of the molecule is CC(C)(C)NC(=O)OCC(=O)C(C)(C)C. The van der Waals surface area contributed by atoms with Crippen LogP contribution < -0.4 is 5.32 Å². The van der Waals surface area contributed by atoms with Gasteiger partial charge in [-0.05, 0) is 20.8 Å². The molecule has 1 N–H and O–H groups in total. The Kier molecular flexibility index (Phi) is 4.31. The minimum Gasteiger partial charge on any atom is -0.442 e. The zero-order valence-corrected chi connectivity index (χ0v) is 10.4. The van der Waals surface area contributed by atoms with Gasteiger partial charge in [-0.15, -0.1) is 0 Å². The van der Waals surface area contributed by atoms with Crippen molar-refractivity contribution in [1.82, 2.24) is 5.32 Å². The monoisotopic (exact) mass is 215 g/mol. The molecule has 4 heteroatoms. The van der Waals surface area contributed by atoms with E-state index < -0.39 is 11.5 Å². The third-order valence-electron chi connectivity index (χ3n) is 1.65. The molecule has 0 aromatic rings. The van der Waals surface area contributed by atoms with Crippen molar-refractivity contribution in [3.05, 3.63) is 0 Å². The second-order valence-electron chi connectivity index (χ2n) is 5.62. The van der Waals surface area contributed by atoms with Crippen LogP contribution >= 0.6 is 0 Å². The number of hydrogen-bond acceptors (Lipinski definition) is 3. The molecule has 1 amide bonds. The van der Waals surface area contributed by atoms with Crippen LogP contribution in [-0.4, -0.2) is 24.0 Å². The van der Waals surface area contributed by atoms with Crippen molar-refractivity contribution in [2.45, 2.75) is 47.1 Å². The molecule has 0 aromatic heterocycles. The first-order valence-corrected chi connectivity index (χ1v) is 5.00. The maximum Gasteiger partial charge on any atom is 0.407 e. The lowest BCUT2D eigenvalue weighted by Gasteiger charge is -2.21. The van der Waals surface area contributed by atoms with E-state index in [-0.39, 0.29) is 17.9 Å². The zero-order chi connectivity index (χ0) is 12.3. The Balaban J connectivity index is 3.98. The molecule has 0 heterocycles. The first kappa shape index (κ1) is 13.9. The van der Waals surface area contributed by atoms with E-state index in [9.17, 15) is 9.59 Å². The van der Waals surface area contributed by atoms with E-state index in [0.717, 1.165) is 0 Å². The molecule has 0 spiro atoms. The number of Topliss-reactive ketones (excluding diaryl/α,β-unsaturated/α-hetero) is 1. The Morgan fingerprint density at radius 3 is 1.87 bits per heavy atom. The molecule has 0 atom stereocenters. The molecule has 0 radical (unpaired) electrons. The topological polar surface area (TPSA) is 55.4 Å². The van der Waals surface area contributed by atoms with Gasteiger partial charge in [0.1, 0.15) is 0 Å². The minimum atomic E-state index is -0.555. The van der Waals surface area contributed by atoms with Crippen molar-refractivity contribution >= 4 is 11.9 Å². The second-order valence-corrected chi connectivity index (χ2v) is 5.62. The van der Waals surface area contributed by atoms with Gasteiger partial charge in [-0.1, -0.05) is 20.8 Å². The number of amides is 1. The van der Waals surface area contributed by atoms with Gasteiger partial charge in [0.25, 0.3) is 0 Å². The lowest BCUT2D eigenvalue weighted by molar-refractivity contribution is -0.129. The molecule has 0 aliphatic heterocycles. The summed E-state index contributed by atoms with van der Waals surface area (Å²) in [6.07, 6.45) is -0.555. The van der Waals surface area contributed by atoms with Crippen LogP contribution in [0.4, 0.5) is 4.79 Å². The molecule has 0 saturated carbocycles. The highest BCUT2D eigenvalue weighted by molar-refractivity contribution is 5.86. The number of carbonyl (C=O) groups excluding carboxylic acids is 2. The van der Waals surface area contributed by atoms with E-state index >= 15 is 0 Å². The third-order valence-corrected chi connectivity index (χ3v) is 1.65. The first-order chi connectivity index (χ1) is 6.52. The lowest BCUT2D eigenvalue weighted by atomic mass is 9.91. The number of rotatable bonds is 2. The van der Waals surface area contributed by atoms with E-state index in [4.69, 9.17) is 4.74 Å². The fourth-order valence-electron chi connectivity index (χ4n) is 0.690. The van der Waals surface area contributed by atoms with Gasteiger partial charge >= 0.3 is 6.09 Å². The fourth-order valence-corrected chi connectivity index (χ4v) is 0.690. The van der Waals surface area contributed by atoms with Gasteiger partial charge in [0, 0.05) is 11.0 Å². The standard InChI is InChI=1S/C11H21NO3/c1-10(2,3)8(13)7-15-9(14)12-11(4,5)6/h7H2,1-6H3,(H,12,14). The number of hydrogen-bond donors (Lipinski definition) is 1. The van der Waals surface area contributed by atoms with Crippen molar-refractivity contribution in [2.24, 2.45) is 5.41 Å². The van der Waals surface area contributed by atoms with E-state index in [0.29, 0.717) is 0 Å². The van der Waals surface area contributed by atoms with Crippen LogP contribution in [0.15, 0.2) is 0 Å². The summed E-state index contributed by atoms with van der Waals surface area (Å²) in [6.45, 7) is 10.7. The molecule has 0 aliphatic rings. The Morgan fingerprint density at radius 2 is 1.53 bits per heavy atom. The Morgan fingerprint density at radius 1 is 1.07 bits per heavy atom. The van der Waals surface area contributed by atoms with Gasteiger partial charge in [0.05, 0.1) is 0 Å². The summed E-state index contributed by atoms with van der Waals surface area (Å²) in [5.74, 6) is -0.0911. The quantitative estimate of drug-likeness (QED) is 0.767. The summed E-state index contributed by atoms with van der Waals surface area (Å²) in [7, 11) is 0. The molecule has 0 unspecified atom stereocenters. The van der Waals surface area contributed by atoms with E-state index in [1.54, 1.807) is 20.8 Å². The predicted octanol–water partition coefficient (Wildman–Crippen LogP) is 2.13. The van der Waals surface area contributed by atoms with Crippen LogP contribution in [0.1, 0.15) is 41.5 Å². The van der Waals surface area contributed by atoms with E-state index in [1.165, 1.54) is 0 Å². The highest BCUT2D eigenvalue weighted by Gasteiger charge is 2.23. The normalized spacial score (nSPS) is 12.1. The zero-order valence-electron chi connectivity index (χ0n) is 10.4. The summed E-state index contributed by atoms with van der Waals surface area (Å²) >= 11 is 0. The number of nitrogens with one attached hydrogen (secondary N) is 1. The average Bonchev–Trinajstić information content (AvgIpc) is 1.94. The highest BCUT2D eigenvalue weighted by atomic mass is 16.6. The number of alkyl carbamates (subject to hydrolysis) is 1. The Bertz CT molecular complexity index is 246. The molecule has 4 nitrogen and oxygen atoms in total. The van der Waals surface area contributed by atoms with Crippen LogP contribution in [-0.2, 0) is 9.53 Å². The summed E-state index contributed by atoms with van der Waals surface area (Å²) < 4.78 is 4.81. The Labute approximate surface area is 91.4 Å². The van der Waals surface area contributed by atoms with Crippen molar-refractivity contribution in [3.8, 4) is 0 Å². The summed E-state index contributed by atoms with van der Waals surface area (Å²) in [4.78, 5) is 22.6. The molecule has 0 bridgehead atoms. The number of ether oxygens (including phenoxy) is 1. The van der Waals surface area contributed by atoms with Crippen molar-refractivity contribution in [3.63, 3.8) is 0 Å². The smallest absolute Gasteiger partial charge is 0.407 e. The molecule has 0 fully saturated rings. The van der Waals surface area contributed by atoms with Crippen molar-refractivity contribution in [1.29, 1.82) is 0 Å². The highest BCUT2D eigenvalue weighted by Crippen LogP contribution is 2.14. The van der Waals surface area contributed by atoms with Crippen LogP contribution in [0, 0.1) is 5.41 Å². The van der Waals surface area contributed by atoms with Gasteiger partial charge in [0.2, 0.25) is 0 Å². The van der Waals surface area contributed by atoms with Gasteiger partial charge in [-0.2, -0.15) is 0 Å². The minimum absolute atomic E-state index is 0.0911. The molecule has 0 rings (SSSR count). The van der Waals surface area contributed by atoms with Crippen LogP contribution in [0.25, 0.3) is 0 Å². The first-order valence-electron chi connectivity index (χ1n) is 5.00. The number of carbonyl (C=O) groups is 2. The number of ketones is 1. The third kappa shape index (κ3) is 6.94. The van der Waals surface area contributed by atoms with E-state index in [2.05, 4.69) is 5.32 Å². The molecule has 0 saturated heterocycles. The van der Waals surface area contributed by atoms with Crippen molar-refractivity contribution in [2.75, 3.05) is 6.61 Å². The van der Waals surface area contributed by atoms with Gasteiger partial charge < -0.3 is 10.1 Å². The summed E-state index contributed by atoms with van der Waals surface area (Å²) in [5, 5.41) is 2.61.